The number of carboxylic acid groups (broad SMARTS) is 1. The number of Topliss-reactive ketones (excluding diaryl/α,β-unsaturated/α-hetero) is 1. The summed E-state index contributed by atoms with van der Waals surface area (Å²) >= 11 is 4.99. The van der Waals surface area contributed by atoms with Crippen LogP contribution in [0.4, 0.5) is 4.79 Å². The summed E-state index contributed by atoms with van der Waals surface area (Å²) in [6, 6.07) is -0.744. The predicted molar refractivity (Wildman–Crippen MR) is 121 cm³/mol. The zero-order chi connectivity index (χ0) is 23.0. The van der Waals surface area contributed by atoms with Crippen molar-refractivity contribution >= 4 is 63.8 Å². The molecule has 0 aliphatic carbocycles. The molecule has 2 N–H and O–H groups in total. The van der Waals surface area contributed by atoms with Crippen LogP contribution in [-0.2, 0) is 9.59 Å². The molecular weight excluding hydrogens is 482 g/mol. The lowest BCUT2D eigenvalue weighted by Crippen LogP contribution is -2.44. The van der Waals surface area contributed by atoms with Gasteiger partial charge in [0.05, 0.1) is 18.0 Å². The molecule has 15 heteroatoms. The van der Waals surface area contributed by atoms with Gasteiger partial charge < -0.3 is 10.4 Å². The predicted octanol–water partition coefficient (Wildman–Crippen LogP) is 2.31. The van der Waals surface area contributed by atoms with E-state index >= 15 is 0 Å². The van der Waals surface area contributed by atoms with E-state index in [4.69, 9.17) is 0 Å². The lowest BCUT2D eigenvalue weighted by Gasteiger charge is -2.22. The first-order chi connectivity index (χ1) is 14.7. The Bertz CT molecular complexity index is 948. The molecule has 0 fully saturated rings. The molecule has 0 bridgehead atoms. The van der Waals surface area contributed by atoms with Gasteiger partial charge in [-0.3, -0.25) is 9.59 Å². The van der Waals surface area contributed by atoms with Crippen molar-refractivity contribution in [3.8, 4) is 0 Å². The average molecular weight is 504 g/mol. The molecule has 0 aliphatic rings. The van der Waals surface area contributed by atoms with Crippen LogP contribution in [-0.4, -0.2) is 74.7 Å². The highest BCUT2D eigenvalue weighted by atomic mass is 32.2. The molecule has 31 heavy (non-hydrogen) atoms. The van der Waals surface area contributed by atoms with E-state index in [0.29, 0.717) is 11.5 Å². The highest BCUT2D eigenvalue weighted by molar-refractivity contribution is 8.12. The highest BCUT2D eigenvalue weighted by Crippen LogP contribution is 2.28. The van der Waals surface area contributed by atoms with Crippen molar-refractivity contribution in [1.82, 2.24) is 35.1 Å². The van der Waals surface area contributed by atoms with Gasteiger partial charge in [-0.05, 0) is 36.8 Å². The van der Waals surface area contributed by atoms with Crippen LogP contribution in [0.25, 0.3) is 0 Å². The molecule has 0 saturated carbocycles. The number of carbonyl (C=O) groups is 3. The van der Waals surface area contributed by atoms with E-state index in [-0.39, 0.29) is 16.6 Å². The van der Waals surface area contributed by atoms with Gasteiger partial charge in [-0.1, -0.05) is 30.0 Å². The number of rotatable bonds is 11. The number of aryl methyl sites for hydroxylation is 1. The molecule has 2 heterocycles. The van der Waals surface area contributed by atoms with Crippen molar-refractivity contribution in [2.45, 2.75) is 43.3 Å². The van der Waals surface area contributed by atoms with E-state index in [2.05, 4.69) is 31.0 Å². The molecule has 11 nitrogen and oxygen atoms in total. The van der Waals surface area contributed by atoms with E-state index < -0.39 is 17.3 Å². The normalized spacial score (nSPS) is 13.9. The summed E-state index contributed by atoms with van der Waals surface area (Å²) < 4.78 is 1.94. The molecule has 2 unspecified atom stereocenters. The van der Waals surface area contributed by atoms with Crippen molar-refractivity contribution in [1.29, 1.82) is 0 Å². The largest absolute Gasteiger partial charge is 0.478 e. The summed E-state index contributed by atoms with van der Waals surface area (Å²) in [6.07, 6.45) is 1.27. The molecule has 2 rings (SSSR count). The number of nitrogens with zero attached hydrogens (tertiary/aromatic N) is 6. The maximum absolute atomic E-state index is 12.2. The topological polar surface area (TPSA) is 153 Å². The average Bonchev–Trinajstić information content (AvgIpc) is 3.36. The Morgan fingerprint density at radius 2 is 2.00 bits per heavy atom. The number of hydrogen-bond donors (Lipinski definition) is 2. The lowest BCUT2D eigenvalue weighted by molar-refractivity contribution is -0.132. The molecule has 168 valence electrons. The van der Waals surface area contributed by atoms with Crippen molar-refractivity contribution in [3.63, 3.8) is 0 Å². The lowest BCUT2D eigenvalue weighted by atomic mass is 10.1. The first kappa shape index (κ1) is 25.3. The number of hydrogen-bond acceptors (Lipinski definition) is 12. The van der Waals surface area contributed by atoms with Crippen LogP contribution in [0.2, 0.25) is 0 Å². The summed E-state index contributed by atoms with van der Waals surface area (Å²) in [6.45, 7) is 6.62. The van der Waals surface area contributed by atoms with E-state index in [1.54, 1.807) is 6.92 Å². The van der Waals surface area contributed by atoms with Gasteiger partial charge in [0, 0.05) is 22.3 Å². The fourth-order valence-electron chi connectivity index (χ4n) is 2.21. The quantitative estimate of drug-likeness (QED) is 0.342. The zero-order valence-corrected chi connectivity index (χ0v) is 20.4. The van der Waals surface area contributed by atoms with Crippen LogP contribution in [0.5, 0.6) is 0 Å². The van der Waals surface area contributed by atoms with Crippen LogP contribution in [0.15, 0.2) is 21.8 Å². The van der Waals surface area contributed by atoms with Crippen molar-refractivity contribution in [3.05, 3.63) is 22.5 Å². The molecule has 2 atom stereocenters. The Balaban J connectivity index is 1.99. The zero-order valence-electron chi connectivity index (χ0n) is 17.1. The fourth-order valence-corrected chi connectivity index (χ4v) is 5.98. The first-order valence-electron chi connectivity index (χ1n) is 8.86. The molecule has 0 spiro atoms. The highest BCUT2D eigenvalue weighted by Gasteiger charge is 2.26. The SMILES string of the molecule is CC(=O)C(NC(=O)Sn1cnnn1)C(C)SC/C(CSc1nnc(C)s1)=C(\C)C(=O)O. The van der Waals surface area contributed by atoms with Crippen LogP contribution in [0, 0.1) is 6.92 Å². The Morgan fingerprint density at radius 3 is 2.55 bits per heavy atom. The van der Waals surface area contributed by atoms with Crippen LogP contribution in [0.3, 0.4) is 0 Å². The number of carboxylic acids is 1. The van der Waals surface area contributed by atoms with E-state index in [0.717, 1.165) is 26.9 Å². The van der Waals surface area contributed by atoms with Gasteiger partial charge >= 0.3 is 11.2 Å². The fraction of sp³-hybridized carbons (Fsp3) is 0.500. The van der Waals surface area contributed by atoms with Crippen molar-refractivity contribution < 1.29 is 19.5 Å². The second-order valence-electron chi connectivity index (χ2n) is 6.25. The number of thioether (sulfide) groups is 2. The molecule has 2 aromatic heterocycles. The van der Waals surface area contributed by atoms with Crippen LogP contribution < -0.4 is 5.32 Å². The Hall–Kier alpha value is -1.97. The second kappa shape index (κ2) is 12.2. The third-order valence-corrected chi connectivity index (χ3v) is 7.95. The molecule has 1 amide bonds. The van der Waals surface area contributed by atoms with Gasteiger partial charge in [0.1, 0.15) is 5.01 Å². The third-order valence-electron chi connectivity index (χ3n) is 3.94. The number of amides is 1. The second-order valence-corrected chi connectivity index (χ2v) is 10.9. The minimum absolute atomic E-state index is 0.204. The monoisotopic (exact) mass is 503 g/mol. The summed E-state index contributed by atoms with van der Waals surface area (Å²) in [7, 11) is 0. The smallest absolute Gasteiger partial charge is 0.331 e. The summed E-state index contributed by atoms with van der Waals surface area (Å²) in [4.78, 5) is 35.8. The van der Waals surface area contributed by atoms with Crippen LogP contribution in [0.1, 0.15) is 25.8 Å². The number of aliphatic carboxylic acids is 1. The number of aromatic nitrogens is 6. The number of tetrazole rings is 1. The van der Waals surface area contributed by atoms with Crippen LogP contribution >= 0.6 is 46.8 Å². The molecule has 0 aliphatic heterocycles. The number of carbonyl (C=O) groups excluding carboxylic acids is 2. The molecule has 0 saturated heterocycles. The minimum Gasteiger partial charge on any atom is -0.478 e. The Kier molecular flexibility index (Phi) is 9.93. The molecule has 0 aromatic carbocycles. The first-order valence-corrected chi connectivity index (χ1v) is 12.5. The molecule has 2 aromatic rings. The summed E-state index contributed by atoms with van der Waals surface area (Å²) in [5.74, 6) is -0.362. The van der Waals surface area contributed by atoms with Gasteiger partial charge in [0.15, 0.2) is 16.5 Å². The maximum Gasteiger partial charge on any atom is 0.331 e. The minimum atomic E-state index is -0.994. The van der Waals surface area contributed by atoms with Crippen molar-refractivity contribution in [2.24, 2.45) is 0 Å². The van der Waals surface area contributed by atoms with E-state index in [1.807, 2.05) is 13.8 Å². The molecule has 0 radical (unpaired) electrons. The third kappa shape index (κ3) is 8.23. The number of ketones is 1. The summed E-state index contributed by atoms with van der Waals surface area (Å²) in [5.41, 5.74) is 0.977. The molecular formula is C16H21N7O4S4. The van der Waals surface area contributed by atoms with E-state index in [1.165, 1.54) is 52.2 Å². The Morgan fingerprint density at radius 1 is 1.26 bits per heavy atom. The standard InChI is InChI=1S/C16H21N7O4S4/c1-8(14(25)26)12(6-29-16-20-19-11(4)30-16)5-28-10(3)13(9(2)24)18-15(27)31-23-7-17-21-22-23/h7,10,13H,5-6H2,1-4H3,(H,18,27)(H,25,26)/b12-8-. The van der Waals surface area contributed by atoms with Gasteiger partial charge in [-0.15, -0.1) is 15.3 Å². The van der Waals surface area contributed by atoms with E-state index in [9.17, 15) is 19.5 Å². The number of nitrogens with one attached hydrogen (secondary N) is 1. The maximum atomic E-state index is 12.2. The Labute approximate surface area is 195 Å². The van der Waals surface area contributed by atoms with Gasteiger partial charge in [-0.25, -0.2) is 4.79 Å². The van der Waals surface area contributed by atoms with Gasteiger partial charge in [0.2, 0.25) is 0 Å². The van der Waals surface area contributed by atoms with Crippen molar-refractivity contribution in [2.75, 3.05) is 11.5 Å². The van der Waals surface area contributed by atoms with Gasteiger partial charge in [0.25, 0.3) is 0 Å². The summed E-state index contributed by atoms with van der Waals surface area (Å²) in [5, 5.41) is 30.7. The van der Waals surface area contributed by atoms with Gasteiger partial charge in [-0.2, -0.15) is 15.8 Å².